The fourth-order valence-electron chi connectivity index (χ4n) is 1.96. The van der Waals surface area contributed by atoms with Gasteiger partial charge in [0.25, 0.3) is 10.0 Å². The number of hydrogen-bond acceptors (Lipinski definition) is 5. The Morgan fingerprint density at radius 2 is 2.21 bits per heavy atom. The summed E-state index contributed by atoms with van der Waals surface area (Å²) in [4.78, 5) is 26.8. The van der Waals surface area contributed by atoms with Crippen LogP contribution in [0.2, 0.25) is 0 Å². The number of hydrogen-bond donors (Lipinski definition) is 1. The number of aryl methyl sites for hydroxylation is 2. The van der Waals surface area contributed by atoms with Gasteiger partial charge in [0, 0.05) is 32.0 Å². The molecule has 19 heavy (non-hydrogen) atoms. The normalized spacial score (nSPS) is 19.7. The van der Waals surface area contributed by atoms with Crippen LogP contribution >= 0.6 is 0 Å². The van der Waals surface area contributed by atoms with Crippen LogP contribution in [-0.4, -0.2) is 29.7 Å². The van der Waals surface area contributed by atoms with Gasteiger partial charge in [0.05, 0.1) is 0 Å². The van der Waals surface area contributed by atoms with Gasteiger partial charge in [0.15, 0.2) is 5.03 Å². The maximum absolute atomic E-state index is 12.0. The molecule has 0 aromatic carbocycles. The van der Waals surface area contributed by atoms with Crippen LogP contribution < -0.4 is 4.72 Å². The monoisotopic (exact) mass is 285 g/mol. The van der Waals surface area contributed by atoms with E-state index in [1.54, 1.807) is 18.5 Å². The van der Waals surface area contributed by atoms with E-state index in [4.69, 9.17) is 0 Å². The van der Waals surface area contributed by atoms with Gasteiger partial charge in [-0.25, -0.2) is 9.71 Å². The molecule has 1 saturated carbocycles. The first-order chi connectivity index (χ1) is 8.79. The molecule has 8 heteroatoms. The Hall–Kier alpha value is -1.70. The minimum Gasteiger partial charge on any atom is -0.337 e. The van der Waals surface area contributed by atoms with E-state index in [9.17, 15) is 18.0 Å². The summed E-state index contributed by atoms with van der Waals surface area (Å²) in [6, 6.07) is 0. The number of carbonyl (C=O) groups is 2. The first-order valence-electron chi connectivity index (χ1n) is 5.88. The Morgan fingerprint density at radius 1 is 1.53 bits per heavy atom. The van der Waals surface area contributed by atoms with Crippen molar-refractivity contribution in [2.24, 2.45) is 13.0 Å². The molecule has 1 aliphatic carbocycles. The van der Waals surface area contributed by atoms with E-state index in [2.05, 4.69) is 4.98 Å². The number of sulfonamides is 1. The van der Waals surface area contributed by atoms with Crippen molar-refractivity contribution in [2.75, 3.05) is 0 Å². The van der Waals surface area contributed by atoms with Crippen molar-refractivity contribution in [2.45, 2.75) is 31.2 Å². The SMILES string of the molecule is Cc1nc(S(=O)(=O)NC(=O)C2CCC(=O)C2)cn1C. The standard InChI is InChI=1S/C11H15N3O4S/c1-7-12-10(6-14(7)2)19(17,18)13-11(16)8-3-4-9(15)5-8/h6,8H,3-5H2,1-2H3,(H,13,16). The van der Waals surface area contributed by atoms with Gasteiger partial charge in [-0.3, -0.25) is 9.59 Å². The van der Waals surface area contributed by atoms with E-state index in [0.29, 0.717) is 18.7 Å². The predicted octanol–water partition coefficient (Wildman–Crippen LogP) is -0.0974. The molecule has 2 rings (SSSR count). The zero-order valence-electron chi connectivity index (χ0n) is 10.7. The van der Waals surface area contributed by atoms with E-state index in [0.717, 1.165) is 0 Å². The Labute approximate surface area is 111 Å². The quantitative estimate of drug-likeness (QED) is 0.836. The molecule has 1 fully saturated rings. The summed E-state index contributed by atoms with van der Waals surface area (Å²) in [5, 5.41) is -0.190. The largest absolute Gasteiger partial charge is 0.337 e. The van der Waals surface area contributed by atoms with E-state index < -0.39 is 21.8 Å². The van der Waals surface area contributed by atoms with Crippen molar-refractivity contribution < 1.29 is 18.0 Å². The van der Waals surface area contributed by atoms with E-state index in [-0.39, 0.29) is 17.2 Å². The van der Waals surface area contributed by atoms with Gasteiger partial charge in [0.1, 0.15) is 11.6 Å². The molecule has 0 saturated heterocycles. The van der Waals surface area contributed by atoms with Crippen LogP contribution in [0.3, 0.4) is 0 Å². The number of Topliss-reactive ketones (excluding diaryl/α,β-unsaturated/α-hetero) is 1. The highest BCUT2D eigenvalue weighted by Gasteiger charge is 2.31. The highest BCUT2D eigenvalue weighted by atomic mass is 32.2. The molecule has 1 aromatic heterocycles. The summed E-state index contributed by atoms with van der Waals surface area (Å²) in [6.07, 6.45) is 2.19. The zero-order valence-corrected chi connectivity index (χ0v) is 11.5. The number of nitrogens with zero attached hydrogens (tertiary/aromatic N) is 2. The number of aromatic nitrogens is 2. The number of carbonyl (C=O) groups excluding carboxylic acids is 2. The topological polar surface area (TPSA) is 98.1 Å². The third-order valence-corrected chi connectivity index (χ3v) is 4.43. The maximum atomic E-state index is 12.0. The van der Waals surface area contributed by atoms with Crippen LogP contribution in [0.25, 0.3) is 0 Å². The second kappa shape index (κ2) is 4.76. The third-order valence-electron chi connectivity index (χ3n) is 3.21. The highest BCUT2D eigenvalue weighted by Crippen LogP contribution is 2.22. The summed E-state index contributed by atoms with van der Waals surface area (Å²) in [5.74, 6) is -0.656. The summed E-state index contributed by atoms with van der Waals surface area (Å²) < 4.78 is 27.4. The molecule has 1 amide bonds. The predicted molar refractivity (Wildman–Crippen MR) is 65.6 cm³/mol. The summed E-state index contributed by atoms with van der Waals surface area (Å²) in [6.45, 7) is 1.66. The van der Waals surface area contributed by atoms with Gasteiger partial charge < -0.3 is 4.57 Å². The average molecular weight is 285 g/mol. The number of nitrogens with one attached hydrogen (secondary N) is 1. The van der Waals surface area contributed by atoms with Gasteiger partial charge >= 0.3 is 0 Å². The zero-order chi connectivity index (χ0) is 14.2. The van der Waals surface area contributed by atoms with Gasteiger partial charge in [-0.1, -0.05) is 0 Å². The van der Waals surface area contributed by atoms with Crippen molar-refractivity contribution >= 4 is 21.7 Å². The van der Waals surface area contributed by atoms with Gasteiger partial charge in [-0.2, -0.15) is 8.42 Å². The van der Waals surface area contributed by atoms with Crippen molar-refractivity contribution in [3.05, 3.63) is 12.0 Å². The lowest BCUT2D eigenvalue weighted by Gasteiger charge is -2.08. The Morgan fingerprint density at radius 3 is 2.68 bits per heavy atom. The molecule has 0 bridgehead atoms. The molecule has 1 aliphatic rings. The van der Waals surface area contributed by atoms with Crippen LogP contribution in [0.1, 0.15) is 25.1 Å². The summed E-state index contributed by atoms with van der Waals surface area (Å²) >= 11 is 0. The maximum Gasteiger partial charge on any atom is 0.283 e. The van der Waals surface area contributed by atoms with Crippen LogP contribution in [0.5, 0.6) is 0 Å². The van der Waals surface area contributed by atoms with Gasteiger partial charge in [-0.15, -0.1) is 0 Å². The van der Waals surface area contributed by atoms with Gasteiger partial charge in [0.2, 0.25) is 5.91 Å². The molecule has 7 nitrogen and oxygen atoms in total. The van der Waals surface area contributed by atoms with Crippen LogP contribution in [0, 0.1) is 12.8 Å². The van der Waals surface area contributed by atoms with Crippen molar-refractivity contribution in [1.82, 2.24) is 14.3 Å². The molecular formula is C11H15N3O4S. The lowest BCUT2D eigenvalue weighted by Crippen LogP contribution is -2.35. The molecule has 0 aliphatic heterocycles. The van der Waals surface area contributed by atoms with E-state index >= 15 is 0 Å². The molecule has 0 radical (unpaired) electrons. The lowest BCUT2D eigenvalue weighted by atomic mass is 10.1. The molecule has 1 heterocycles. The van der Waals surface area contributed by atoms with Crippen LogP contribution in [-0.2, 0) is 26.7 Å². The molecule has 0 spiro atoms. The first kappa shape index (κ1) is 13.7. The first-order valence-corrected chi connectivity index (χ1v) is 7.36. The third kappa shape index (κ3) is 2.83. The number of amides is 1. The Balaban J connectivity index is 2.13. The van der Waals surface area contributed by atoms with Crippen molar-refractivity contribution in [3.63, 3.8) is 0 Å². The van der Waals surface area contributed by atoms with E-state index in [1.165, 1.54) is 6.20 Å². The molecule has 104 valence electrons. The molecule has 1 atom stereocenters. The average Bonchev–Trinajstić information content (AvgIpc) is 2.86. The van der Waals surface area contributed by atoms with Crippen molar-refractivity contribution in [1.29, 1.82) is 0 Å². The smallest absolute Gasteiger partial charge is 0.283 e. The molecular weight excluding hydrogens is 270 g/mol. The Bertz CT molecular complexity index is 613. The number of ketones is 1. The van der Waals surface area contributed by atoms with Gasteiger partial charge in [-0.05, 0) is 13.3 Å². The van der Waals surface area contributed by atoms with E-state index in [1.807, 2.05) is 4.72 Å². The second-order valence-electron chi connectivity index (χ2n) is 4.69. The summed E-state index contributed by atoms with van der Waals surface area (Å²) in [5.41, 5.74) is 0. The number of rotatable bonds is 3. The molecule has 1 N–H and O–H groups in total. The molecule has 1 unspecified atom stereocenters. The van der Waals surface area contributed by atoms with Crippen LogP contribution in [0.15, 0.2) is 11.2 Å². The molecule has 1 aromatic rings. The highest BCUT2D eigenvalue weighted by molar-refractivity contribution is 7.90. The fourth-order valence-corrected chi connectivity index (χ4v) is 3.05. The second-order valence-corrected chi connectivity index (χ2v) is 6.31. The minimum absolute atomic E-state index is 0.00812. The lowest BCUT2D eigenvalue weighted by molar-refractivity contribution is -0.125. The van der Waals surface area contributed by atoms with Crippen molar-refractivity contribution in [3.8, 4) is 0 Å². The fraction of sp³-hybridized carbons (Fsp3) is 0.545. The summed E-state index contributed by atoms with van der Waals surface area (Å²) in [7, 11) is -2.29. The minimum atomic E-state index is -3.96. The Kier molecular flexibility index (Phi) is 3.44. The number of imidazole rings is 1. The van der Waals surface area contributed by atoms with Crippen LogP contribution in [0.4, 0.5) is 0 Å².